The fraction of sp³-hybridized carbons (Fsp3) is 0.400. The Hall–Kier alpha value is -1.58. The average Bonchev–Trinajstić information content (AvgIpc) is 2.47. The number of hydrogen-bond acceptors (Lipinski definition) is 3. The van der Waals surface area contributed by atoms with Crippen LogP contribution >= 0.6 is 0 Å². The van der Waals surface area contributed by atoms with Gasteiger partial charge in [-0.1, -0.05) is 0 Å². The molecule has 74 valence electrons. The summed E-state index contributed by atoms with van der Waals surface area (Å²) in [4.78, 5) is 4.26. The second-order valence-corrected chi connectivity index (χ2v) is 4.32. The molecule has 2 heterocycles. The van der Waals surface area contributed by atoms with Crippen molar-refractivity contribution >= 4 is 11.3 Å². The lowest BCUT2D eigenvalue weighted by Gasteiger charge is -2.20. The largest absolute Gasteiger partial charge is 0.376 e. The Bertz CT molecular complexity index is 439. The molecular weight excluding hydrogens is 176 g/mol. The van der Waals surface area contributed by atoms with Crippen molar-refractivity contribution in [3.8, 4) is 0 Å². The van der Waals surface area contributed by atoms with Crippen LogP contribution in [0.3, 0.4) is 0 Å². The summed E-state index contributed by atoms with van der Waals surface area (Å²) in [6, 6.07) is 1.86. The van der Waals surface area contributed by atoms with Gasteiger partial charge in [0.05, 0.1) is 6.20 Å². The van der Waals surface area contributed by atoms with Crippen molar-refractivity contribution in [2.24, 2.45) is 0 Å². The van der Waals surface area contributed by atoms with Crippen molar-refractivity contribution in [3.05, 3.63) is 24.7 Å². The van der Waals surface area contributed by atoms with E-state index < -0.39 is 0 Å². The minimum atomic E-state index is 0.0288. The van der Waals surface area contributed by atoms with Crippen molar-refractivity contribution in [2.45, 2.75) is 26.3 Å². The Morgan fingerprint density at radius 3 is 2.86 bits per heavy atom. The number of hydrogen-bond donors (Lipinski definition) is 1. The third-order valence-corrected chi connectivity index (χ3v) is 1.79. The number of aromatic nitrogens is 3. The van der Waals surface area contributed by atoms with Crippen LogP contribution in [0, 0.1) is 0 Å². The lowest BCUT2D eigenvalue weighted by atomic mass is 10.1. The third-order valence-electron chi connectivity index (χ3n) is 1.79. The van der Waals surface area contributed by atoms with Gasteiger partial charge in [0.1, 0.15) is 5.69 Å². The molecule has 0 aliphatic heterocycles. The topological polar surface area (TPSA) is 42.2 Å². The number of nitrogens with zero attached hydrogens (tertiary/aromatic N) is 3. The predicted octanol–water partition coefficient (Wildman–Crippen LogP) is 1.94. The fourth-order valence-corrected chi connectivity index (χ4v) is 1.32. The summed E-state index contributed by atoms with van der Waals surface area (Å²) >= 11 is 0. The molecule has 0 spiro atoms. The number of fused-ring (bicyclic) bond motifs is 1. The van der Waals surface area contributed by atoms with Crippen LogP contribution in [0.1, 0.15) is 20.8 Å². The fourth-order valence-electron chi connectivity index (χ4n) is 1.32. The third kappa shape index (κ3) is 1.69. The van der Waals surface area contributed by atoms with Crippen LogP contribution in [0.4, 0.5) is 5.69 Å². The number of nitrogens with one attached hydrogen (secondary N) is 1. The van der Waals surface area contributed by atoms with Crippen LogP contribution in [0.25, 0.3) is 5.65 Å². The molecule has 2 aromatic heterocycles. The normalized spacial score (nSPS) is 11.9. The molecule has 0 saturated carbocycles. The molecule has 0 aromatic carbocycles. The zero-order chi connectivity index (χ0) is 10.2. The van der Waals surface area contributed by atoms with Gasteiger partial charge in [0.25, 0.3) is 0 Å². The summed E-state index contributed by atoms with van der Waals surface area (Å²) < 4.78 is 1.76. The van der Waals surface area contributed by atoms with Crippen LogP contribution in [0.15, 0.2) is 24.7 Å². The van der Waals surface area contributed by atoms with E-state index in [2.05, 4.69) is 36.2 Å². The second-order valence-electron chi connectivity index (χ2n) is 4.32. The van der Waals surface area contributed by atoms with Gasteiger partial charge in [-0.25, -0.2) is 9.50 Å². The maximum Gasteiger partial charge on any atom is 0.178 e. The van der Waals surface area contributed by atoms with Gasteiger partial charge in [0.2, 0.25) is 0 Å². The Labute approximate surface area is 83.0 Å². The average molecular weight is 190 g/mol. The highest BCUT2D eigenvalue weighted by Gasteiger charge is 2.12. The first-order chi connectivity index (χ1) is 6.56. The van der Waals surface area contributed by atoms with Gasteiger partial charge in [-0.05, 0) is 26.8 Å². The van der Waals surface area contributed by atoms with Crippen LogP contribution in [-0.4, -0.2) is 20.1 Å². The monoisotopic (exact) mass is 190 g/mol. The van der Waals surface area contributed by atoms with Gasteiger partial charge >= 0.3 is 0 Å². The molecule has 14 heavy (non-hydrogen) atoms. The summed E-state index contributed by atoms with van der Waals surface area (Å²) in [7, 11) is 0. The molecule has 0 unspecified atom stereocenters. The summed E-state index contributed by atoms with van der Waals surface area (Å²) in [6.07, 6.45) is 5.45. The molecule has 0 amide bonds. The van der Waals surface area contributed by atoms with Crippen molar-refractivity contribution in [1.29, 1.82) is 0 Å². The van der Waals surface area contributed by atoms with E-state index in [0.29, 0.717) is 0 Å². The maximum absolute atomic E-state index is 4.26. The van der Waals surface area contributed by atoms with Gasteiger partial charge in [-0.2, -0.15) is 5.10 Å². The van der Waals surface area contributed by atoms with Crippen molar-refractivity contribution in [2.75, 3.05) is 5.32 Å². The first-order valence-electron chi connectivity index (χ1n) is 4.63. The van der Waals surface area contributed by atoms with Crippen molar-refractivity contribution < 1.29 is 0 Å². The Morgan fingerprint density at radius 1 is 1.36 bits per heavy atom. The molecular formula is C10H14N4. The zero-order valence-electron chi connectivity index (χ0n) is 8.65. The highest BCUT2D eigenvalue weighted by molar-refractivity contribution is 5.66. The van der Waals surface area contributed by atoms with Gasteiger partial charge in [-0.3, -0.25) is 0 Å². The van der Waals surface area contributed by atoms with Gasteiger partial charge < -0.3 is 5.32 Å². The van der Waals surface area contributed by atoms with Crippen LogP contribution in [-0.2, 0) is 0 Å². The molecule has 2 rings (SSSR count). The quantitative estimate of drug-likeness (QED) is 0.747. The minimum Gasteiger partial charge on any atom is -0.376 e. The van der Waals surface area contributed by atoms with Crippen molar-refractivity contribution in [3.63, 3.8) is 0 Å². The van der Waals surface area contributed by atoms with Crippen LogP contribution in [0.2, 0.25) is 0 Å². The summed E-state index contributed by atoms with van der Waals surface area (Å²) in [5, 5.41) is 7.55. The van der Waals surface area contributed by atoms with E-state index in [-0.39, 0.29) is 5.54 Å². The molecule has 4 heteroatoms. The van der Waals surface area contributed by atoms with Gasteiger partial charge in [-0.15, -0.1) is 0 Å². The predicted molar refractivity (Wildman–Crippen MR) is 56.4 cm³/mol. The number of anilines is 1. The summed E-state index contributed by atoms with van der Waals surface area (Å²) in [5.41, 5.74) is 1.86. The van der Waals surface area contributed by atoms with E-state index >= 15 is 0 Å². The Balaban J connectivity index is 2.44. The maximum atomic E-state index is 4.26. The van der Waals surface area contributed by atoms with Crippen LogP contribution < -0.4 is 5.32 Å². The molecule has 0 fully saturated rings. The summed E-state index contributed by atoms with van der Waals surface area (Å²) in [5.74, 6) is 0. The van der Waals surface area contributed by atoms with E-state index in [0.717, 1.165) is 11.3 Å². The molecule has 2 aromatic rings. The molecule has 4 nitrogen and oxygen atoms in total. The molecule has 0 saturated heterocycles. The lowest BCUT2D eigenvalue weighted by molar-refractivity contribution is 0.635. The highest BCUT2D eigenvalue weighted by Crippen LogP contribution is 2.17. The van der Waals surface area contributed by atoms with Crippen LogP contribution in [0.5, 0.6) is 0 Å². The van der Waals surface area contributed by atoms with Gasteiger partial charge in [0.15, 0.2) is 5.65 Å². The molecule has 1 N–H and O–H groups in total. The Kier molecular flexibility index (Phi) is 1.91. The molecule has 0 bridgehead atoms. The van der Waals surface area contributed by atoms with E-state index in [1.807, 2.05) is 12.3 Å². The van der Waals surface area contributed by atoms with E-state index in [1.54, 1.807) is 16.9 Å². The first kappa shape index (κ1) is 8.99. The van der Waals surface area contributed by atoms with Gasteiger partial charge in [0, 0.05) is 17.9 Å². The smallest absolute Gasteiger partial charge is 0.178 e. The SMILES string of the molecule is CC(C)(C)Nc1cnn2cccnc12. The van der Waals surface area contributed by atoms with E-state index in [4.69, 9.17) is 0 Å². The van der Waals surface area contributed by atoms with Crippen molar-refractivity contribution in [1.82, 2.24) is 14.6 Å². The zero-order valence-corrected chi connectivity index (χ0v) is 8.65. The first-order valence-corrected chi connectivity index (χ1v) is 4.63. The highest BCUT2D eigenvalue weighted by atomic mass is 15.3. The number of rotatable bonds is 1. The van der Waals surface area contributed by atoms with E-state index in [9.17, 15) is 0 Å². The summed E-state index contributed by atoms with van der Waals surface area (Å²) in [6.45, 7) is 6.33. The molecule has 0 aliphatic rings. The lowest BCUT2D eigenvalue weighted by Crippen LogP contribution is -2.25. The molecule has 0 radical (unpaired) electrons. The van der Waals surface area contributed by atoms with E-state index in [1.165, 1.54) is 0 Å². The Morgan fingerprint density at radius 2 is 2.14 bits per heavy atom. The standard InChI is InChI=1S/C10H14N4/c1-10(2,3)13-8-7-12-14-6-4-5-11-9(8)14/h4-7,13H,1-3H3. The molecule has 0 atom stereocenters. The second kappa shape index (κ2) is 2.97. The molecule has 0 aliphatic carbocycles. The minimum absolute atomic E-state index is 0.0288.